The number of fused-ring (bicyclic) bond motifs is 1. The summed E-state index contributed by atoms with van der Waals surface area (Å²) in [6.07, 6.45) is -0.424. The van der Waals surface area contributed by atoms with E-state index in [1.54, 1.807) is 30.6 Å². The Morgan fingerprint density at radius 3 is 2.59 bits per heavy atom. The molecule has 0 aromatic heterocycles. The fourth-order valence-electron chi connectivity index (χ4n) is 2.88. The van der Waals surface area contributed by atoms with Crippen LogP contribution in [0.25, 0.3) is 0 Å². The van der Waals surface area contributed by atoms with Crippen LogP contribution in [-0.2, 0) is 16.6 Å². The van der Waals surface area contributed by atoms with E-state index in [-0.39, 0.29) is 23.5 Å². The number of nitrogens with zero attached hydrogens (tertiary/aromatic N) is 1. The van der Waals surface area contributed by atoms with Crippen molar-refractivity contribution in [2.24, 2.45) is 0 Å². The Hall–Kier alpha value is -2.62. The van der Waals surface area contributed by atoms with Crippen molar-refractivity contribution in [3.8, 4) is 11.5 Å². The normalized spacial score (nSPS) is 17.4. The summed E-state index contributed by atoms with van der Waals surface area (Å²) in [6, 6.07) is 10.8. The molecular weight excluding hydrogens is 372 g/mol. The lowest BCUT2D eigenvalue weighted by atomic mass is 10.1. The van der Waals surface area contributed by atoms with Crippen LogP contribution in [0.5, 0.6) is 11.5 Å². The molecule has 3 rings (SSSR count). The van der Waals surface area contributed by atoms with Crippen LogP contribution < -0.4 is 15.0 Å². The number of sulfonamides is 1. The highest BCUT2D eigenvalue weighted by Crippen LogP contribution is 2.30. The highest BCUT2D eigenvalue weighted by atomic mass is 32.2. The SMILES string of the molecule is COc1ccc(S(=O)(=O)N2Cc3ccc(C(=O)NO)cc3O[C@H](C)C2)cc1. The van der Waals surface area contributed by atoms with Gasteiger partial charge in [0.2, 0.25) is 10.0 Å². The fourth-order valence-corrected chi connectivity index (χ4v) is 4.37. The van der Waals surface area contributed by atoms with Crippen LogP contribution in [0.2, 0.25) is 0 Å². The number of hydrogen-bond acceptors (Lipinski definition) is 6. The van der Waals surface area contributed by atoms with E-state index < -0.39 is 22.0 Å². The quantitative estimate of drug-likeness (QED) is 0.607. The van der Waals surface area contributed by atoms with Crippen LogP contribution in [0.1, 0.15) is 22.8 Å². The maximum atomic E-state index is 13.0. The second-order valence-electron chi connectivity index (χ2n) is 6.16. The molecule has 9 heteroatoms. The molecule has 144 valence electrons. The number of hydroxylamine groups is 1. The minimum Gasteiger partial charge on any atom is -0.497 e. The maximum Gasteiger partial charge on any atom is 0.274 e. The Morgan fingerprint density at radius 2 is 1.96 bits per heavy atom. The van der Waals surface area contributed by atoms with Crippen LogP contribution in [-0.4, -0.2) is 43.6 Å². The predicted octanol–water partition coefficient (Wildman–Crippen LogP) is 1.79. The van der Waals surface area contributed by atoms with Gasteiger partial charge in [0.15, 0.2) is 0 Å². The Balaban J connectivity index is 1.94. The molecule has 2 aromatic carbocycles. The number of ether oxygens (including phenoxy) is 2. The number of benzene rings is 2. The lowest BCUT2D eigenvalue weighted by Gasteiger charge is -2.21. The molecule has 0 radical (unpaired) electrons. The average molecular weight is 392 g/mol. The zero-order valence-corrected chi connectivity index (χ0v) is 15.7. The predicted molar refractivity (Wildman–Crippen MR) is 96.4 cm³/mol. The summed E-state index contributed by atoms with van der Waals surface area (Å²) in [5, 5.41) is 8.78. The summed E-state index contributed by atoms with van der Waals surface area (Å²) >= 11 is 0. The van der Waals surface area contributed by atoms with Crippen molar-refractivity contribution in [2.75, 3.05) is 13.7 Å². The van der Waals surface area contributed by atoms with E-state index in [0.717, 1.165) is 0 Å². The van der Waals surface area contributed by atoms with Gasteiger partial charge in [-0.05, 0) is 43.3 Å². The van der Waals surface area contributed by atoms with Gasteiger partial charge in [-0.3, -0.25) is 10.0 Å². The zero-order chi connectivity index (χ0) is 19.6. The summed E-state index contributed by atoms with van der Waals surface area (Å²) in [4.78, 5) is 11.8. The molecule has 0 saturated heterocycles. The lowest BCUT2D eigenvalue weighted by Crippen LogP contribution is -2.36. The van der Waals surface area contributed by atoms with Crippen LogP contribution in [0.15, 0.2) is 47.4 Å². The van der Waals surface area contributed by atoms with Gasteiger partial charge < -0.3 is 9.47 Å². The van der Waals surface area contributed by atoms with Gasteiger partial charge in [0.1, 0.15) is 17.6 Å². The van der Waals surface area contributed by atoms with E-state index >= 15 is 0 Å². The molecule has 1 aliphatic rings. The topological polar surface area (TPSA) is 105 Å². The molecule has 0 bridgehead atoms. The van der Waals surface area contributed by atoms with Crippen LogP contribution in [0, 0.1) is 0 Å². The Morgan fingerprint density at radius 1 is 1.26 bits per heavy atom. The average Bonchev–Trinajstić information content (AvgIpc) is 2.85. The zero-order valence-electron chi connectivity index (χ0n) is 14.9. The number of methoxy groups -OCH3 is 1. The second-order valence-corrected chi connectivity index (χ2v) is 8.10. The molecule has 0 fully saturated rings. The Kier molecular flexibility index (Phi) is 5.36. The first-order valence-corrected chi connectivity index (χ1v) is 9.67. The van der Waals surface area contributed by atoms with Crippen molar-refractivity contribution < 1.29 is 27.9 Å². The summed E-state index contributed by atoms with van der Waals surface area (Å²) in [6.45, 7) is 2.02. The Bertz CT molecular complexity index is 943. The van der Waals surface area contributed by atoms with Crippen molar-refractivity contribution in [3.05, 3.63) is 53.6 Å². The minimum absolute atomic E-state index is 0.106. The van der Waals surface area contributed by atoms with Crippen molar-refractivity contribution in [1.29, 1.82) is 0 Å². The standard InChI is InChI=1S/C18H20N2O6S/c1-12-10-20(27(23,24)16-7-5-15(25-2)6-8-16)11-14-4-3-13(18(21)19-22)9-17(14)26-12/h3-9,12,22H,10-11H2,1-2H3,(H,19,21)/t12-/m1/s1. The molecule has 2 aromatic rings. The molecule has 1 heterocycles. The molecule has 1 aliphatic heterocycles. The van der Waals surface area contributed by atoms with E-state index in [1.165, 1.54) is 35.7 Å². The molecule has 1 amide bonds. The first-order chi connectivity index (χ1) is 12.8. The number of amides is 1. The third-order valence-corrected chi connectivity index (χ3v) is 6.09. The van der Waals surface area contributed by atoms with Gasteiger partial charge in [-0.1, -0.05) is 6.07 Å². The molecule has 1 atom stereocenters. The molecule has 0 spiro atoms. The molecule has 0 saturated carbocycles. The molecule has 0 unspecified atom stereocenters. The number of carbonyl (C=O) groups excluding carboxylic acids is 1. The minimum atomic E-state index is -3.74. The monoisotopic (exact) mass is 392 g/mol. The molecule has 27 heavy (non-hydrogen) atoms. The third-order valence-electron chi connectivity index (χ3n) is 4.26. The van der Waals surface area contributed by atoms with Crippen molar-refractivity contribution in [1.82, 2.24) is 9.79 Å². The van der Waals surface area contributed by atoms with Gasteiger partial charge in [-0.15, -0.1) is 0 Å². The van der Waals surface area contributed by atoms with Gasteiger partial charge in [0.05, 0.1) is 18.6 Å². The number of rotatable bonds is 4. The van der Waals surface area contributed by atoms with Crippen LogP contribution in [0.4, 0.5) is 0 Å². The van der Waals surface area contributed by atoms with Crippen molar-refractivity contribution in [3.63, 3.8) is 0 Å². The van der Waals surface area contributed by atoms with E-state index in [1.807, 2.05) is 0 Å². The summed E-state index contributed by atoms with van der Waals surface area (Å²) < 4.78 is 38.3. The van der Waals surface area contributed by atoms with Crippen LogP contribution >= 0.6 is 0 Å². The molecule has 0 aliphatic carbocycles. The Labute approximate surface area is 157 Å². The van der Waals surface area contributed by atoms with Gasteiger partial charge >= 0.3 is 0 Å². The number of hydrogen-bond donors (Lipinski definition) is 2. The third kappa shape index (κ3) is 3.90. The first kappa shape index (κ1) is 19.2. The smallest absolute Gasteiger partial charge is 0.274 e. The molecule has 8 nitrogen and oxygen atoms in total. The highest BCUT2D eigenvalue weighted by molar-refractivity contribution is 7.89. The van der Waals surface area contributed by atoms with Crippen molar-refractivity contribution in [2.45, 2.75) is 24.5 Å². The van der Waals surface area contributed by atoms with E-state index in [2.05, 4.69) is 0 Å². The number of carbonyl (C=O) groups is 1. The molecule has 2 N–H and O–H groups in total. The largest absolute Gasteiger partial charge is 0.497 e. The summed E-state index contributed by atoms with van der Waals surface area (Å²) in [5.41, 5.74) is 2.42. The van der Waals surface area contributed by atoms with Crippen molar-refractivity contribution >= 4 is 15.9 Å². The van der Waals surface area contributed by atoms with Gasteiger partial charge in [0, 0.05) is 17.7 Å². The van der Waals surface area contributed by atoms with E-state index in [0.29, 0.717) is 17.1 Å². The fraction of sp³-hybridized carbons (Fsp3) is 0.278. The molecular formula is C18H20N2O6S. The highest BCUT2D eigenvalue weighted by Gasteiger charge is 2.30. The number of nitrogens with one attached hydrogen (secondary N) is 1. The first-order valence-electron chi connectivity index (χ1n) is 8.23. The van der Waals surface area contributed by atoms with E-state index in [4.69, 9.17) is 14.7 Å². The van der Waals surface area contributed by atoms with Gasteiger partial charge in [-0.25, -0.2) is 13.9 Å². The lowest BCUT2D eigenvalue weighted by molar-refractivity contribution is 0.0705. The summed E-state index contributed by atoms with van der Waals surface area (Å²) in [7, 11) is -2.23. The summed E-state index contributed by atoms with van der Waals surface area (Å²) in [5.74, 6) is 0.318. The maximum absolute atomic E-state index is 13.0. The van der Waals surface area contributed by atoms with Gasteiger partial charge in [0.25, 0.3) is 5.91 Å². The second kappa shape index (κ2) is 7.55. The van der Waals surface area contributed by atoms with Crippen LogP contribution in [0.3, 0.4) is 0 Å². The van der Waals surface area contributed by atoms with Gasteiger partial charge in [-0.2, -0.15) is 4.31 Å². The van der Waals surface area contributed by atoms with E-state index in [9.17, 15) is 13.2 Å².